The minimum absolute atomic E-state index is 0.204. The van der Waals surface area contributed by atoms with E-state index in [1.807, 2.05) is 30.3 Å². The molecule has 0 saturated carbocycles. The molecule has 0 bridgehead atoms. The van der Waals surface area contributed by atoms with Gasteiger partial charge in [-0.3, -0.25) is 5.32 Å². The molecule has 2 atom stereocenters. The van der Waals surface area contributed by atoms with Crippen molar-refractivity contribution < 1.29 is 19.4 Å². The van der Waals surface area contributed by atoms with Crippen molar-refractivity contribution in [2.75, 3.05) is 6.61 Å². The number of alkyl carbamates (subject to hydrolysis) is 1. The maximum Gasteiger partial charge on any atom is 0.409 e. The molecule has 1 saturated heterocycles. The van der Waals surface area contributed by atoms with Crippen LogP contribution in [-0.4, -0.2) is 30.1 Å². The Bertz CT molecular complexity index is 382. The Labute approximate surface area is 106 Å². The van der Waals surface area contributed by atoms with E-state index in [0.29, 0.717) is 13.0 Å². The number of rotatable bonds is 3. The van der Waals surface area contributed by atoms with Crippen LogP contribution in [0.4, 0.5) is 4.79 Å². The third kappa shape index (κ3) is 3.72. The number of aliphatic hydroxyl groups is 1. The summed E-state index contributed by atoms with van der Waals surface area (Å²) in [7, 11) is 0. The number of amides is 1. The second kappa shape index (κ2) is 6.37. The number of hydrogen-bond acceptors (Lipinski definition) is 4. The molecule has 5 nitrogen and oxygen atoms in total. The SMILES string of the molecule is O=C(NC1OCCC[C@H]1O)OCc1ccccc1. The molecule has 0 aliphatic carbocycles. The van der Waals surface area contributed by atoms with Crippen molar-refractivity contribution in [2.45, 2.75) is 31.8 Å². The molecular formula is C13H17NO4. The molecule has 1 aliphatic rings. The second-order valence-corrected chi connectivity index (χ2v) is 4.21. The molecule has 98 valence electrons. The molecule has 0 spiro atoms. The van der Waals surface area contributed by atoms with Crippen molar-refractivity contribution in [2.24, 2.45) is 0 Å². The summed E-state index contributed by atoms with van der Waals surface area (Å²) >= 11 is 0. The first-order chi connectivity index (χ1) is 8.75. The van der Waals surface area contributed by atoms with Gasteiger partial charge in [-0.2, -0.15) is 0 Å². The topological polar surface area (TPSA) is 67.8 Å². The van der Waals surface area contributed by atoms with Crippen molar-refractivity contribution in [3.05, 3.63) is 35.9 Å². The highest BCUT2D eigenvalue weighted by molar-refractivity contribution is 5.67. The Hall–Kier alpha value is -1.59. The van der Waals surface area contributed by atoms with Crippen LogP contribution in [0.3, 0.4) is 0 Å². The Kier molecular flexibility index (Phi) is 4.55. The average Bonchev–Trinajstić information content (AvgIpc) is 2.40. The van der Waals surface area contributed by atoms with Crippen LogP contribution in [0.1, 0.15) is 18.4 Å². The molecule has 1 aromatic rings. The summed E-state index contributed by atoms with van der Waals surface area (Å²) in [5.41, 5.74) is 0.915. The predicted octanol–water partition coefficient (Wildman–Crippen LogP) is 1.41. The van der Waals surface area contributed by atoms with Gasteiger partial charge in [-0.25, -0.2) is 4.79 Å². The predicted molar refractivity (Wildman–Crippen MR) is 64.7 cm³/mol. The van der Waals surface area contributed by atoms with Gasteiger partial charge in [0, 0.05) is 6.61 Å². The summed E-state index contributed by atoms with van der Waals surface area (Å²) in [4.78, 5) is 11.5. The van der Waals surface area contributed by atoms with E-state index in [1.165, 1.54) is 0 Å². The molecule has 1 unspecified atom stereocenters. The molecule has 1 fully saturated rings. The van der Waals surface area contributed by atoms with Crippen LogP contribution in [0.25, 0.3) is 0 Å². The zero-order valence-corrected chi connectivity index (χ0v) is 10.0. The van der Waals surface area contributed by atoms with E-state index < -0.39 is 18.4 Å². The number of aliphatic hydroxyl groups excluding tert-OH is 1. The Morgan fingerprint density at radius 3 is 2.94 bits per heavy atom. The minimum Gasteiger partial charge on any atom is -0.445 e. The van der Waals surface area contributed by atoms with E-state index in [1.54, 1.807) is 0 Å². The fraction of sp³-hybridized carbons (Fsp3) is 0.462. The van der Waals surface area contributed by atoms with Gasteiger partial charge in [0.05, 0.1) is 6.10 Å². The quantitative estimate of drug-likeness (QED) is 0.852. The molecule has 2 rings (SSSR count). The summed E-state index contributed by atoms with van der Waals surface area (Å²) in [6, 6.07) is 9.41. The molecule has 1 amide bonds. The maximum atomic E-state index is 11.5. The lowest BCUT2D eigenvalue weighted by molar-refractivity contribution is -0.0872. The van der Waals surface area contributed by atoms with Crippen LogP contribution >= 0.6 is 0 Å². The molecule has 2 N–H and O–H groups in total. The molecule has 1 aromatic carbocycles. The van der Waals surface area contributed by atoms with Gasteiger partial charge < -0.3 is 14.6 Å². The number of hydrogen-bond donors (Lipinski definition) is 2. The van der Waals surface area contributed by atoms with E-state index in [4.69, 9.17) is 9.47 Å². The summed E-state index contributed by atoms with van der Waals surface area (Å²) < 4.78 is 10.3. The first-order valence-corrected chi connectivity index (χ1v) is 6.02. The second-order valence-electron chi connectivity index (χ2n) is 4.21. The summed E-state index contributed by atoms with van der Waals surface area (Å²) in [5, 5.41) is 12.1. The van der Waals surface area contributed by atoms with Gasteiger partial charge in [-0.15, -0.1) is 0 Å². The monoisotopic (exact) mass is 251 g/mol. The van der Waals surface area contributed by atoms with Crippen LogP contribution in [0, 0.1) is 0 Å². The van der Waals surface area contributed by atoms with E-state index in [2.05, 4.69) is 5.32 Å². The van der Waals surface area contributed by atoms with E-state index >= 15 is 0 Å². The molecule has 0 radical (unpaired) electrons. The van der Waals surface area contributed by atoms with Crippen molar-refractivity contribution in [3.63, 3.8) is 0 Å². The van der Waals surface area contributed by atoms with Gasteiger partial charge in [-0.1, -0.05) is 30.3 Å². The third-order valence-corrected chi connectivity index (χ3v) is 2.76. The highest BCUT2D eigenvalue weighted by atomic mass is 16.6. The molecule has 1 heterocycles. The van der Waals surface area contributed by atoms with Crippen LogP contribution in [0.5, 0.6) is 0 Å². The Morgan fingerprint density at radius 2 is 2.22 bits per heavy atom. The van der Waals surface area contributed by atoms with Gasteiger partial charge >= 0.3 is 6.09 Å². The first kappa shape index (κ1) is 12.9. The van der Waals surface area contributed by atoms with E-state index in [-0.39, 0.29) is 6.61 Å². The summed E-state index contributed by atoms with van der Waals surface area (Å²) in [6.45, 7) is 0.746. The van der Waals surface area contributed by atoms with Gasteiger partial charge in [-0.05, 0) is 18.4 Å². The Balaban J connectivity index is 1.75. The van der Waals surface area contributed by atoms with Crippen molar-refractivity contribution in [1.29, 1.82) is 0 Å². The van der Waals surface area contributed by atoms with Crippen molar-refractivity contribution in [3.8, 4) is 0 Å². The maximum absolute atomic E-state index is 11.5. The number of carbonyl (C=O) groups is 1. The molecule has 0 aromatic heterocycles. The molecule has 1 aliphatic heterocycles. The highest BCUT2D eigenvalue weighted by Crippen LogP contribution is 2.11. The van der Waals surface area contributed by atoms with Crippen molar-refractivity contribution in [1.82, 2.24) is 5.32 Å². The number of ether oxygens (including phenoxy) is 2. The molecule has 5 heteroatoms. The molecule has 18 heavy (non-hydrogen) atoms. The highest BCUT2D eigenvalue weighted by Gasteiger charge is 2.25. The normalized spacial score (nSPS) is 23.4. The lowest BCUT2D eigenvalue weighted by Gasteiger charge is -2.28. The van der Waals surface area contributed by atoms with Gasteiger partial charge in [0.15, 0.2) is 6.23 Å². The fourth-order valence-corrected chi connectivity index (χ4v) is 1.78. The van der Waals surface area contributed by atoms with Gasteiger partial charge in [0.1, 0.15) is 6.61 Å². The lowest BCUT2D eigenvalue weighted by atomic mass is 10.1. The van der Waals surface area contributed by atoms with Crippen LogP contribution in [-0.2, 0) is 16.1 Å². The number of benzene rings is 1. The Morgan fingerprint density at radius 1 is 1.44 bits per heavy atom. The van der Waals surface area contributed by atoms with Crippen LogP contribution in [0.2, 0.25) is 0 Å². The smallest absolute Gasteiger partial charge is 0.409 e. The minimum atomic E-state index is -0.665. The average molecular weight is 251 g/mol. The van der Waals surface area contributed by atoms with E-state index in [9.17, 15) is 9.90 Å². The largest absolute Gasteiger partial charge is 0.445 e. The number of nitrogens with one attached hydrogen (secondary N) is 1. The zero-order chi connectivity index (χ0) is 12.8. The fourth-order valence-electron chi connectivity index (χ4n) is 1.78. The number of carbonyl (C=O) groups excluding carboxylic acids is 1. The van der Waals surface area contributed by atoms with Crippen LogP contribution < -0.4 is 5.32 Å². The van der Waals surface area contributed by atoms with Gasteiger partial charge in [0.25, 0.3) is 0 Å². The zero-order valence-electron chi connectivity index (χ0n) is 10.0. The van der Waals surface area contributed by atoms with Crippen molar-refractivity contribution >= 4 is 6.09 Å². The van der Waals surface area contributed by atoms with E-state index in [0.717, 1.165) is 12.0 Å². The summed E-state index contributed by atoms with van der Waals surface area (Å²) in [6.07, 6.45) is -0.475. The lowest BCUT2D eigenvalue weighted by Crippen LogP contribution is -2.47. The standard InChI is InChI=1S/C13H17NO4/c15-11-7-4-8-17-12(11)14-13(16)18-9-10-5-2-1-3-6-10/h1-3,5-6,11-12,15H,4,7-9H2,(H,14,16)/t11-,12?/m1/s1. The third-order valence-electron chi connectivity index (χ3n) is 2.76. The van der Waals surface area contributed by atoms with Gasteiger partial charge in [0.2, 0.25) is 0 Å². The summed E-state index contributed by atoms with van der Waals surface area (Å²) in [5.74, 6) is 0. The van der Waals surface area contributed by atoms with Crippen LogP contribution in [0.15, 0.2) is 30.3 Å². The molecular weight excluding hydrogens is 234 g/mol. The first-order valence-electron chi connectivity index (χ1n) is 6.02.